The molecule has 0 radical (unpaired) electrons. The molecule has 0 spiro atoms. The predicted molar refractivity (Wildman–Crippen MR) is 121 cm³/mol. The zero-order chi connectivity index (χ0) is 21.8. The molecule has 2 amide bonds. The minimum atomic E-state index is -0.604. The maximum Gasteiger partial charge on any atom is 0.343 e. The van der Waals surface area contributed by atoms with Crippen molar-refractivity contribution in [1.82, 2.24) is 10.6 Å². The van der Waals surface area contributed by atoms with Crippen LogP contribution in [-0.4, -0.2) is 37.1 Å². The number of esters is 1. The number of thiocarbonyl (C=S) groups is 1. The molecular formula is C20H15IN2O6S. The predicted octanol–water partition coefficient (Wildman–Crippen LogP) is 2.44. The molecule has 1 saturated heterocycles. The second-order valence-corrected chi connectivity index (χ2v) is 7.52. The van der Waals surface area contributed by atoms with E-state index >= 15 is 0 Å². The molecule has 154 valence electrons. The maximum atomic E-state index is 12.5. The quantitative estimate of drug-likeness (QED) is 0.151. The first kappa shape index (κ1) is 21.7. The van der Waals surface area contributed by atoms with E-state index < -0.39 is 17.8 Å². The third kappa shape index (κ3) is 4.76. The van der Waals surface area contributed by atoms with Crippen molar-refractivity contribution in [2.24, 2.45) is 0 Å². The third-order valence-electron chi connectivity index (χ3n) is 4.03. The Morgan fingerprint density at radius 1 is 1.03 bits per heavy atom. The van der Waals surface area contributed by atoms with E-state index in [1.807, 2.05) is 22.6 Å². The Bertz CT molecular complexity index is 1060. The van der Waals surface area contributed by atoms with Crippen LogP contribution in [-0.2, 0) is 9.59 Å². The van der Waals surface area contributed by atoms with Crippen LogP contribution in [0, 0.1) is 3.57 Å². The summed E-state index contributed by atoms with van der Waals surface area (Å²) in [5, 5.41) is 4.69. The minimum absolute atomic E-state index is 0.0462. The number of amides is 2. The Morgan fingerprint density at radius 3 is 2.23 bits per heavy atom. The van der Waals surface area contributed by atoms with Gasteiger partial charge in [0.25, 0.3) is 11.8 Å². The summed E-state index contributed by atoms with van der Waals surface area (Å²) in [6, 6.07) is 9.69. The molecule has 0 bridgehead atoms. The van der Waals surface area contributed by atoms with Crippen molar-refractivity contribution in [3.8, 4) is 17.2 Å². The van der Waals surface area contributed by atoms with Crippen molar-refractivity contribution >= 4 is 63.8 Å². The molecule has 3 rings (SSSR count). The lowest BCUT2D eigenvalue weighted by atomic mass is 10.1. The Labute approximate surface area is 190 Å². The van der Waals surface area contributed by atoms with Gasteiger partial charge in [0.15, 0.2) is 16.6 Å². The van der Waals surface area contributed by atoms with Crippen LogP contribution in [0.2, 0.25) is 0 Å². The number of hydrogen-bond donors (Lipinski definition) is 2. The lowest BCUT2D eigenvalue weighted by molar-refractivity contribution is -0.123. The monoisotopic (exact) mass is 538 g/mol. The summed E-state index contributed by atoms with van der Waals surface area (Å²) in [4.78, 5) is 36.6. The molecule has 0 atom stereocenters. The fraction of sp³-hybridized carbons (Fsp3) is 0.100. The molecule has 10 heteroatoms. The summed E-state index contributed by atoms with van der Waals surface area (Å²) in [6.07, 6.45) is 1.40. The van der Waals surface area contributed by atoms with Gasteiger partial charge in [0, 0.05) is 0 Å². The normalized spacial score (nSPS) is 13.3. The van der Waals surface area contributed by atoms with Crippen molar-refractivity contribution in [2.75, 3.05) is 14.2 Å². The van der Waals surface area contributed by atoms with Gasteiger partial charge in [0.05, 0.1) is 23.4 Å². The molecule has 1 fully saturated rings. The molecule has 0 unspecified atom stereocenters. The topological polar surface area (TPSA) is 103 Å². The second kappa shape index (κ2) is 9.22. The van der Waals surface area contributed by atoms with Gasteiger partial charge in [-0.25, -0.2) is 4.79 Å². The van der Waals surface area contributed by atoms with Gasteiger partial charge >= 0.3 is 5.97 Å². The molecule has 1 aliphatic heterocycles. The fourth-order valence-electron chi connectivity index (χ4n) is 2.57. The number of halogens is 1. The van der Waals surface area contributed by atoms with Gasteiger partial charge in [-0.15, -0.1) is 0 Å². The molecular weight excluding hydrogens is 523 g/mol. The molecule has 0 aromatic heterocycles. The molecule has 8 nitrogen and oxygen atoms in total. The van der Waals surface area contributed by atoms with Crippen LogP contribution in [0.3, 0.4) is 0 Å². The van der Waals surface area contributed by atoms with E-state index in [2.05, 4.69) is 10.6 Å². The second-order valence-electron chi connectivity index (χ2n) is 5.95. The molecule has 2 aromatic carbocycles. The summed E-state index contributed by atoms with van der Waals surface area (Å²) in [7, 11) is 2.96. The van der Waals surface area contributed by atoms with E-state index in [0.29, 0.717) is 20.4 Å². The van der Waals surface area contributed by atoms with Crippen LogP contribution >= 0.6 is 34.8 Å². The number of methoxy groups -OCH3 is 2. The molecule has 2 N–H and O–H groups in total. The SMILES string of the molecule is COc1ccc(C(=O)Oc2c(I)cc(C=C3C(=O)NC(=S)NC3=O)cc2OC)cc1. The van der Waals surface area contributed by atoms with Gasteiger partial charge in [0.1, 0.15) is 11.3 Å². The van der Waals surface area contributed by atoms with Crippen molar-refractivity contribution in [2.45, 2.75) is 0 Å². The number of carbonyl (C=O) groups excluding carboxylic acids is 3. The van der Waals surface area contributed by atoms with Crippen LogP contribution in [0.1, 0.15) is 15.9 Å². The molecule has 0 aliphatic carbocycles. The smallest absolute Gasteiger partial charge is 0.343 e. The first-order valence-electron chi connectivity index (χ1n) is 8.44. The van der Waals surface area contributed by atoms with Crippen LogP contribution < -0.4 is 24.8 Å². The summed E-state index contributed by atoms with van der Waals surface area (Å²) in [5.74, 6) is -0.671. The summed E-state index contributed by atoms with van der Waals surface area (Å²) in [6.45, 7) is 0. The van der Waals surface area contributed by atoms with E-state index in [1.165, 1.54) is 20.3 Å². The highest BCUT2D eigenvalue weighted by Crippen LogP contribution is 2.35. The number of benzene rings is 2. The van der Waals surface area contributed by atoms with Crippen LogP contribution in [0.15, 0.2) is 42.0 Å². The maximum absolute atomic E-state index is 12.5. The van der Waals surface area contributed by atoms with Crippen LogP contribution in [0.25, 0.3) is 6.08 Å². The summed E-state index contributed by atoms with van der Waals surface area (Å²) in [5.41, 5.74) is 0.740. The molecule has 0 saturated carbocycles. The summed E-state index contributed by atoms with van der Waals surface area (Å²) >= 11 is 6.76. The van der Waals surface area contributed by atoms with E-state index in [1.54, 1.807) is 36.4 Å². The van der Waals surface area contributed by atoms with Gasteiger partial charge in [-0.2, -0.15) is 0 Å². The van der Waals surface area contributed by atoms with Crippen molar-refractivity contribution in [1.29, 1.82) is 0 Å². The molecule has 2 aromatic rings. The Morgan fingerprint density at radius 2 is 1.67 bits per heavy atom. The van der Waals surface area contributed by atoms with Gasteiger partial charge < -0.3 is 14.2 Å². The first-order chi connectivity index (χ1) is 14.3. The highest BCUT2D eigenvalue weighted by atomic mass is 127. The number of rotatable bonds is 5. The third-order valence-corrected chi connectivity index (χ3v) is 5.03. The highest BCUT2D eigenvalue weighted by Gasteiger charge is 2.26. The van der Waals surface area contributed by atoms with Crippen molar-refractivity contribution < 1.29 is 28.6 Å². The number of ether oxygens (including phenoxy) is 3. The van der Waals surface area contributed by atoms with Gasteiger partial charge in [0.2, 0.25) is 0 Å². The van der Waals surface area contributed by atoms with Gasteiger partial charge in [-0.05, 0) is 82.8 Å². The average Bonchev–Trinajstić information content (AvgIpc) is 2.72. The standard InChI is InChI=1S/C20H15IN2O6S/c1-27-12-5-3-11(4-6-12)19(26)29-16-14(21)8-10(9-15(16)28-2)7-13-17(24)22-20(30)23-18(13)25/h3-9H,1-2H3,(H2,22,23,24,25,30). The van der Waals surface area contributed by atoms with E-state index in [9.17, 15) is 14.4 Å². The van der Waals surface area contributed by atoms with Crippen molar-refractivity contribution in [3.05, 3.63) is 56.7 Å². The van der Waals surface area contributed by atoms with Gasteiger partial charge in [-0.1, -0.05) is 0 Å². The van der Waals surface area contributed by atoms with E-state index in [4.69, 9.17) is 26.4 Å². The lowest BCUT2D eigenvalue weighted by Gasteiger charge is -2.17. The summed E-state index contributed by atoms with van der Waals surface area (Å²) < 4.78 is 16.5. The zero-order valence-corrected chi connectivity index (χ0v) is 18.8. The largest absolute Gasteiger partial charge is 0.497 e. The number of nitrogens with one attached hydrogen (secondary N) is 2. The number of hydrogen-bond acceptors (Lipinski definition) is 7. The zero-order valence-electron chi connectivity index (χ0n) is 15.8. The van der Waals surface area contributed by atoms with E-state index in [-0.39, 0.29) is 22.2 Å². The lowest BCUT2D eigenvalue weighted by Crippen LogP contribution is -2.51. The Hall–Kier alpha value is -2.99. The molecule has 30 heavy (non-hydrogen) atoms. The van der Waals surface area contributed by atoms with Gasteiger partial charge in [-0.3, -0.25) is 20.2 Å². The minimum Gasteiger partial charge on any atom is -0.497 e. The fourth-order valence-corrected chi connectivity index (χ4v) is 3.49. The Balaban J connectivity index is 1.89. The average molecular weight is 538 g/mol. The first-order valence-corrected chi connectivity index (χ1v) is 9.93. The van der Waals surface area contributed by atoms with E-state index in [0.717, 1.165) is 0 Å². The molecule has 1 heterocycles. The highest BCUT2D eigenvalue weighted by molar-refractivity contribution is 14.1. The van der Waals surface area contributed by atoms with Crippen molar-refractivity contribution in [3.63, 3.8) is 0 Å². The Kier molecular flexibility index (Phi) is 6.67. The van der Waals surface area contributed by atoms with Crippen LogP contribution in [0.4, 0.5) is 0 Å². The number of carbonyl (C=O) groups is 3. The molecule has 1 aliphatic rings. The van der Waals surface area contributed by atoms with Crippen LogP contribution in [0.5, 0.6) is 17.2 Å².